The molecule has 0 bridgehead atoms. The van der Waals surface area contributed by atoms with E-state index in [-0.39, 0.29) is 23.9 Å². The molecule has 1 N–H and O–H groups in total. The number of amides is 1. The van der Waals surface area contributed by atoms with Crippen LogP contribution in [0.5, 0.6) is 0 Å². The Labute approximate surface area is 158 Å². The van der Waals surface area contributed by atoms with Gasteiger partial charge in [0.25, 0.3) is 5.56 Å². The van der Waals surface area contributed by atoms with Gasteiger partial charge in [-0.05, 0) is 44.2 Å². The van der Waals surface area contributed by atoms with Gasteiger partial charge in [0.2, 0.25) is 5.91 Å². The minimum absolute atomic E-state index is 0.0773. The Morgan fingerprint density at radius 1 is 1.22 bits per heavy atom. The molecule has 0 spiro atoms. The molecule has 4 rings (SSSR count). The Hall–Kier alpha value is -2.47. The van der Waals surface area contributed by atoms with Gasteiger partial charge in [-0.2, -0.15) is 0 Å². The van der Waals surface area contributed by atoms with Gasteiger partial charge in [0.05, 0.1) is 29.4 Å². The fourth-order valence-electron chi connectivity index (χ4n) is 4.11. The molecule has 6 heteroatoms. The van der Waals surface area contributed by atoms with Crippen molar-refractivity contribution in [2.24, 2.45) is 5.92 Å². The second-order valence-corrected chi connectivity index (χ2v) is 7.73. The molecule has 2 aliphatic rings. The monoisotopic (exact) mass is 367 g/mol. The maximum absolute atomic E-state index is 12.7. The number of likely N-dealkylation sites (tertiary alicyclic amines) is 1. The smallest absolute Gasteiger partial charge is 0.261 e. The number of hydrogen-bond donors (Lipinski definition) is 1. The van der Waals surface area contributed by atoms with Crippen molar-refractivity contribution >= 4 is 16.8 Å². The highest BCUT2D eigenvalue weighted by atomic mass is 16.3. The van der Waals surface area contributed by atoms with Gasteiger partial charge in [0, 0.05) is 19.0 Å². The van der Waals surface area contributed by atoms with Crippen LogP contribution >= 0.6 is 0 Å². The molecule has 0 saturated carbocycles. The number of para-hydroxylation sites is 1. The van der Waals surface area contributed by atoms with Gasteiger partial charge in [0.15, 0.2) is 0 Å². The number of rotatable bonds is 3. The molecule has 0 unspecified atom stereocenters. The van der Waals surface area contributed by atoms with Crippen LogP contribution in [-0.4, -0.2) is 44.2 Å². The predicted molar refractivity (Wildman–Crippen MR) is 103 cm³/mol. The van der Waals surface area contributed by atoms with Gasteiger partial charge in [0.1, 0.15) is 0 Å². The van der Waals surface area contributed by atoms with Crippen molar-refractivity contribution in [2.45, 2.75) is 44.2 Å². The highest BCUT2D eigenvalue weighted by Gasteiger charge is 2.36. The molecule has 142 valence electrons. The lowest BCUT2D eigenvalue weighted by atomic mass is 9.88. The zero-order valence-corrected chi connectivity index (χ0v) is 15.4. The highest BCUT2D eigenvalue weighted by Crippen LogP contribution is 2.27. The van der Waals surface area contributed by atoms with Gasteiger partial charge >= 0.3 is 0 Å². The maximum atomic E-state index is 12.7. The lowest BCUT2D eigenvalue weighted by Gasteiger charge is -2.39. The zero-order valence-electron chi connectivity index (χ0n) is 15.4. The maximum Gasteiger partial charge on any atom is 0.261 e. The average Bonchev–Trinajstić information content (AvgIpc) is 2.71. The number of carbonyl (C=O) groups is 1. The largest absolute Gasteiger partial charge is 0.388 e. The van der Waals surface area contributed by atoms with E-state index in [1.807, 2.05) is 17.0 Å². The van der Waals surface area contributed by atoms with Crippen LogP contribution in [0.3, 0.4) is 0 Å². The third-order valence-corrected chi connectivity index (χ3v) is 5.82. The molecule has 27 heavy (non-hydrogen) atoms. The highest BCUT2D eigenvalue weighted by molar-refractivity contribution is 5.79. The fourth-order valence-corrected chi connectivity index (χ4v) is 4.11. The summed E-state index contributed by atoms with van der Waals surface area (Å²) in [5.41, 5.74) is -0.466. The van der Waals surface area contributed by atoms with Crippen molar-refractivity contribution in [3.8, 4) is 0 Å². The molecule has 0 radical (unpaired) electrons. The van der Waals surface area contributed by atoms with Crippen molar-refractivity contribution in [2.75, 3.05) is 13.1 Å². The number of allylic oxidation sites excluding steroid dienone is 2. The summed E-state index contributed by atoms with van der Waals surface area (Å²) < 4.78 is 1.49. The van der Waals surface area contributed by atoms with E-state index in [0.717, 1.165) is 19.3 Å². The van der Waals surface area contributed by atoms with E-state index in [0.29, 0.717) is 36.8 Å². The van der Waals surface area contributed by atoms with Crippen LogP contribution in [0.1, 0.15) is 32.1 Å². The first-order valence-electron chi connectivity index (χ1n) is 9.66. The number of carbonyl (C=O) groups excluding carboxylic acids is 1. The molecular weight excluding hydrogens is 342 g/mol. The van der Waals surface area contributed by atoms with Gasteiger partial charge in [-0.1, -0.05) is 24.3 Å². The quantitative estimate of drug-likeness (QED) is 0.843. The van der Waals surface area contributed by atoms with Crippen LogP contribution in [0.15, 0.2) is 47.5 Å². The summed E-state index contributed by atoms with van der Waals surface area (Å²) in [6.45, 7) is 1.27. The van der Waals surface area contributed by atoms with Crippen LogP contribution in [-0.2, 0) is 11.3 Å². The second-order valence-electron chi connectivity index (χ2n) is 7.73. The van der Waals surface area contributed by atoms with Crippen LogP contribution in [0, 0.1) is 5.92 Å². The van der Waals surface area contributed by atoms with Crippen molar-refractivity contribution in [1.82, 2.24) is 14.5 Å². The van der Waals surface area contributed by atoms with E-state index in [1.165, 1.54) is 10.9 Å². The van der Waals surface area contributed by atoms with E-state index in [4.69, 9.17) is 0 Å². The minimum atomic E-state index is -0.989. The number of fused-ring (bicyclic) bond motifs is 1. The summed E-state index contributed by atoms with van der Waals surface area (Å²) in [6, 6.07) is 7.22. The molecular formula is C21H25N3O3. The van der Waals surface area contributed by atoms with Crippen molar-refractivity contribution in [3.05, 3.63) is 53.1 Å². The van der Waals surface area contributed by atoms with E-state index in [2.05, 4.69) is 17.1 Å². The van der Waals surface area contributed by atoms with E-state index < -0.39 is 5.60 Å². The molecule has 1 atom stereocenters. The first-order chi connectivity index (χ1) is 13.1. The minimum Gasteiger partial charge on any atom is -0.388 e. The van der Waals surface area contributed by atoms with E-state index >= 15 is 0 Å². The van der Waals surface area contributed by atoms with Gasteiger partial charge in [-0.25, -0.2) is 4.98 Å². The Morgan fingerprint density at radius 3 is 2.74 bits per heavy atom. The third-order valence-electron chi connectivity index (χ3n) is 5.82. The number of hydrogen-bond acceptors (Lipinski definition) is 4. The van der Waals surface area contributed by atoms with Crippen LogP contribution < -0.4 is 5.56 Å². The van der Waals surface area contributed by atoms with Crippen molar-refractivity contribution in [1.29, 1.82) is 0 Å². The second kappa shape index (κ2) is 7.27. The Kier molecular flexibility index (Phi) is 4.83. The van der Waals surface area contributed by atoms with Crippen LogP contribution in [0.4, 0.5) is 0 Å². The van der Waals surface area contributed by atoms with Crippen LogP contribution in [0.2, 0.25) is 0 Å². The predicted octanol–water partition coefficient (Wildman–Crippen LogP) is 2.11. The van der Waals surface area contributed by atoms with Gasteiger partial charge in [-0.15, -0.1) is 0 Å². The number of nitrogens with zero attached hydrogens (tertiary/aromatic N) is 3. The standard InChI is InChI=1S/C21H25N3O3/c25-19(16-6-2-1-3-7-16)23-12-10-21(27,11-13-23)14-24-15-22-18-9-5-4-8-17(18)20(24)26/h1-2,4-5,8-9,15-16,27H,3,6-7,10-14H2/t16-/m0/s1. The van der Waals surface area contributed by atoms with Crippen LogP contribution in [0.25, 0.3) is 10.9 Å². The summed E-state index contributed by atoms with van der Waals surface area (Å²) in [7, 11) is 0. The molecule has 1 amide bonds. The summed E-state index contributed by atoms with van der Waals surface area (Å²) in [5, 5.41) is 11.6. The zero-order chi connectivity index (χ0) is 18.9. The van der Waals surface area contributed by atoms with E-state index in [9.17, 15) is 14.7 Å². The molecule has 2 aromatic rings. The summed E-state index contributed by atoms with van der Waals surface area (Å²) in [5.74, 6) is 0.277. The Morgan fingerprint density at radius 2 is 2.00 bits per heavy atom. The average molecular weight is 367 g/mol. The first kappa shape index (κ1) is 17.9. The lowest BCUT2D eigenvalue weighted by molar-refractivity contribution is -0.140. The lowest BCUT2D eigenvalue weighted by Crippen LogP contribution is -2.51. The van der Waals surface area contributed by atoms with Crippen molar-refractivity contribution < 1.29 is 9.90 Å². The molecule has 1 saturated heterocycles. The Bertz CT molecular complexity index is 926. The van der Waals surface area contributed by atoms with E-state index in [1.54, 1.807) is 12.1 Å². The number of piperidine rings is 1. The fraction of sp³-hybridized carbons (Fsp3) is 0.476. The molecule has 1 aliphatic heterocycles. The van der Waals surface area contributed by atoms with Gasteiger partial charge in [-0.3, -0.25) is 14.2 Å². The number of benzene rings is 1. The molecule has 1 fully saturated rings. The first-order valence-corrected chi connectivity index (χ1v) is 9.66. The molecule has 1 aliphatic carbocycles. The molecule has 6 nitrogen and oxygen atoms in total. The van der Waals surface area contributed by atoms with Gasteiger partial charge < -0.3 is 10.0 Å². The third kappa shape index (κ3) is 3.67. The topological polar surface area (TPSA) is 75.4 Å². The summed E-state index contributed by atoms with van der Waals surface area (Å²) >= 11 is 0. The van der Waals surface area contributed by atoms with Crippen molar-refractivity contribution in [3.63, 3.8) is 0 Å². The molecule has 1 aromatic carbocycles. The summed E-state index contributed by atoms with van der Waals surface area (Å²) in [6.07, 6.45) is 9.37. The Balaban J connectivity index is 1.44. The SMILES string of the molecule is O=C([C@H]1CC=CCC1)N1CCC(O)(Cn2cnc3ccccc3c2=O)CC1. The number of aromatic nitrogens is 2. The molecule has 2 heterocycles. The normalized spacial score (nSPS) is 22.1. The molecule has 1 aromatic heterocycles. The number of aliphatic hydroxyl groups is 1. The summed E-state index contributed by atoms with van der Waals surface area (Å²) in [4.78, 5) is 31.5.